The molecule has 0 saturated carbocycles. The minimum atomic E-state index is -3.61. The zero-order valence-electron chi connectivity index (χ0n) is 21.5. The maximum absolute atomic E-state index is 13.5. The van der Waals surface area contributed by atoms with Gasteiger partial charge in [-0.2, -0.15) is 0 Å². The van der Waals surface area contributed by atoms with Crippen LogP contribution in [0.5, 0.6) is 0 Å². The molecule has 2 aromatic carbocycles. The van der Waals surface area contributed by atoms with E-state index in [0.717, 1.165) is 6.26 Å². The number of nitrogens with zero attached hydrogens (tertiary/aromatic N) is 2. The Morgan fingerprint density at radius 2 is 1.70 bits per heavy atom. The van der Waals surface area contributed by atoms with Crippen molar-refractivity contribution in [3.8, 4) is 0 Å². The van der Waals surface area contributed by atoms with Crippen LogP contribution in [0, 0.1) is 5.92 Å². The van der Waals surface area contributed by atoms with Crippen molar-refractivity contribution in [1.29, 1.82) is 0 Å². The predicted octanol–water partition coefficient (Wildman–Crippen LogP) is 5.77. The lowest BCUT2D eigenvalue weighted by Gasteiger charge is -2.31. The van der Waals surface area contributed by atoms with Crippen molar-refractivity contribution in [1.82, 2.24) is 10.2 Å². The molecule has 0 aromatic heterocycles. The molecule has 0 bridgehead atoms. The normalized spacial score (nSPS) is 12.3. The monoisotopic (exact) mass is 589 g/mol. The van der Waals surface area contributed by atoms with E-state index in [0.29, 0.717) is 39.3 Å². The Balaban J connectivity index is 2.25. The fraction of sp³-hybridized carbons (Fsp3) is 0.462. The van der Waals surface area contributed by atoms with Gasteiger partial charge in [0.2, 0.25) is 21.8 Å². The molecule has 2 aromatic rings. The first-order chi connectivity index (χ1) is 17.3. The van der Waals surface area contributed by atoms with Crippen LogP contribution in [-0.4, -0.2) is 50.5 Å². The number of halogens is 3. The third-order valence-corrected chi connectivity index (χ3v) is 7.69. The van der Waals surface area contributed by atoms with E-state index >= 15 is 0 Å². The lowest BCUT2D eigenvalue weighted by Crippen LogP contribution is -2.49. The Hall–Kier alpha value is -2.00. The molecule has 1 N–H and O–H groups in total. The maximum Gasteiger partial charge on any atom is 0.242 e. The molecule has 37 heavy (non-hydrogen) atoms. The summed E-state index contributed by atoms with van der Waals surface area (Å²) in [7, 11) is -3.61. The van der Waals surface area contributed by atoms with Crippen LogP contribution in [-0.2, 0) is 26.2 Å². The van der Waals surface area contributed by atoms with Gasteiger partial charge in [-0.3, -0.25) is 13.9 Å². The molecule has 204 valence electrons. The summed E-state index contributed by atoms with van der Waals surface area (Å²) in [5, 5.41) is 4.18. The van der Waals surface area contributed by atoms with Gasteiger partial charge < -0.3 is 10.2 Å². The Bertz CT molecular complexity index is 1190. The second kappa shape index (κ2) is 14.2. The molecule has 0 spiro atoms. The van der Waals surface area contributed by atoms with Gasteiger partial charge in [-0.15, -0.1) is 0 Å². The highest BCUT2D eigenvalue weighted by Crippen LogP contribution is 2.25. The van der Waals surface area contributed by atoms with Crippen LogP contribution in [0.25, 0.3) is 0 Å². The van der Waals surface area contributed by atoms with Crippen molar-refractivity contribution < 1.29 is 18.0 Å². The summed E-state index contributed by atoms with van der Waals surface area (Å²) in [6.07, 6.45) is 1.79. The van der Waals surface area contributed by atoms with Gasteiger partial charge in [-0.05, 0) is 54.7 Å². The van der Waals surface area contributed by atoms with Gasteiger partial charge in [0, 0.05) is 41.1 Å². The lowest BCUT2D eigenvalue weighted by molar-refractivity contribution is -0.141. The number of hydrogen-bond donors (Lipinski definition) is 1. The van der Waals surface area contributed by atoms with Crippen molar-refractivity contribution in [3.05, 3.63) is 63.1 Å². The van der Waals surface area contributed by atoms with E-state index in [1.54, 1.807) is 42.5 Å². The quantitative estimate of drug-likeness (QED) is 0.321. The van der Waals surface area contributed by atoms with Gasteiger partial charge in [0.15, 0.2) is 0 Å². The smallest absolute Gasteiger partial charge is 0.242 e. The van der Waals surface area contributed by atoms with E-state index in [9.17, 15) is 18.0 Å². The molecule has 0 aliphatic carbocycles. The number of rotatable bonds is 13. The largest absolute Gasteiger partial charge is 0.354 e. The number of hydrogen-bond acceptors (Lipinski definition) is 4. The third kappa shape index (κ3) is 9.67. The number of benzene rings is 2. The standard InChI is InChI=1S/C26H34Cl3N3O4S/c1-5-24(26(34)30-16-18(2)3)31(17-19-11-12-21(28)15-23(19)29)25(33)10-7-13-32(37(4,35)36)22-9-6-8-20(27)14-22/h6,8-9,11-12,14-15,18,24H,5,7,10,13,16-17H2,1-4H3,(H,30,34). The van der Waals surface area contributed by atoms with E-state index in [2.05, 4.69) is 5.32 Å². The van der Waals surface area contributed by atoms with Crippen molar-refractivity contribution in [3.63, 3.8) is 0 Å². The molecule has 7 nitrogen and oxygen atoms in total. The predicted molar refractivity (Wildman–Crippen MR) is 152 cm³/mol. The van der Waals surface area contributed by atoms with E-state index in [-0.39, 0.29) is 43.7 Å². The highest BCUT2D eigenvalue weighted by Gasteiger charge is 2.29. The van der Waals surface area contributed by atoms with Crippen LogP contribution in [0.15, 0.2) is 42.5 Å². The van der Waals surface area contributed by atoms with E-state index in [1.807, 2.05) is 20.8 Å². The van der Waals surface area contributed by atoms with Gasteiger partial charge in [-0.25, -0.2) is 8.42 Å². The number of nitrogens with one attached hydrogen (secondary N) is 1. The second-order valence-electron chi connectivity index (χ2n) is 9.24. The summed E-state index contributed by atoms with van der Waals surface area (Å²) in [6.45, 7) is 6.51. The zero-order chi connectivity index (χ0) is 27.8. The molecular formula is C26H34Cl3N3O4S. The first-order valence-corrected chi connectivity index (χ1v) is 15.1. The summed E-state index contributed by atoms with van der Waals surface area (Å²) in [5.41, 5.74) is 1.08. The van der Waals surface area contributed by atoms with Crippen molar-refractivity contribution in [2.24, 2.45) is 5.92 Å². The molecule has 2 rings (SSSR count). The Morgan fingerprint density at radius 1 is 1.03 bits per heavy atom. The topological polar surface area (TPSA) is 86.8 Å². The van der Waals surface area contributed by atoms with Crippen LogP contribution in [0.1, 0.15) is 45.6 Å². The third-order valence-electron chi connectivity index (χ3n) is 5.67. The van der Waals surface area contributed by atoms with Crippen LogP contribution in [0.2, 0.25) is 15.1 Å². The molecule has 0 fully saturated rings. The van der Waals surface area contributed by atoms with Gasteiger partial charge in [0.25, 0.3) is 0 Å². The first kappa shape index (κ1) is 31.2. The highest BCUT2D eigenvalue weighted by atomic mass is 35.5. The average molecular weight is 591 g/mol. The second-order valence-corrected chi connectivity index (χ2v) is 12.4. The first-order valence-electron chi connectivity index (χ1n) is 12.1. The summed E-state index contributed by atoms with van der Waals surface area (Å²) in [5.74, 6) is -0.270. The lowest BCUT2D eigenvalue weighted by atomic mass is 10.1. The molecule has 0 aliphatic rings. The Labute approximate surface area is 235 Å². The van der Waals surface area contributed by atoms with E-state index < -0.39 is 16.1 Å². The van der Waals surface area contributed by atoms with E-state index in [1.165, 1.54) is 9.21 Å². The number of amides is 2. The molecular weight excluding hydrogens is 557 g/mol. The van der Waals surface area contributed by atoms with Gasteiger partial charge in [0.1, 0.15) is 6.04 Å². The van der Waals surface area contributed by atoms with Crippen molar-refractivity contribution in [2.45, 2.75) is 52.6 Å². The van der Waals surface area contributed by atoms with Crippen molar-refractivity contribution in [2.75, 3.05) is 23.7 Å². The number of carbonyl (C=O) groups excluding carboxylic acids is 2. The van der Waals surface area contributed by atoms with Gasteiger partial charge in [-0.1, -0.05) is 67.7 Å². The van der Waals surface area contributed by atoms with Crippen LogP contribution in [0.4, 0.5) is 5.69 Å². The molecule has 0 radical (unpaired) electrons. The summed E-state index contributed by atoms with van der Waals surface area (Å²) in [4.78, 5) is 28.0. The summed E-state index contributed by atoms with van der Waals surface area (Å²) in [6, 6.07) is 10.8. The Kier molecular flexibility index (Phi) is 12.0. The number of anilines is 1. The van der Waals surface area contributed by atoms with E-state index in [4.69, 9.17) is 34.8 Å². The molecule has 1 atom stereocenters. The SMILES string of the molecule is CCC(C(=O)NCC(C)C)N(Cc1ccc(Cl)cc1Cl)C(=O)CCCN(c1cccc(Cl)c1)S(C)(=O)=O. The van der Waals surface area contributed by atoms with Crippen LogP contribution >= 0.6 is 34.8 Å². The van der Waals surface area contributed by atoms with Gasteiger partial charge >= 0.3 is 0 Å². The molecule has 0 aliphatic heterocycles. The molecule has 0 heterocycles. The van der Waals surface area contributed by atoms with Crippen LogP contribution in [0.3, 0.4) is 0 Å². The molecule has 1 unspecified atom stereocenters. The maximum atomic E-state index is 13.5. The summed E-state index contributed by atoms with van der Waals surface area (Å²) < 4.78 is 26.1. The molecule has 0 saturated heterocycles. The summed E-state index contributed by atoms with van der Waals surface area (Å²) >= 11 is 18.5. The molecule has 11 heteroatoms. The average Bonchev–Trinajstić information content (AvgIpc) is 2.80. The number of carbonyl (C=O) groups is 2. The fourth-order valence-electron chi connectivity index (χ4n) is 3.81. The zero-order valence-corrected chi connectivity index (χ0v) is 24.6. The fourth-order valence-corrected chi connectivity index (χ4v) is 5.42. The highest BCUT2D eigenvalue weighted by molar-refractivity contribution is 7.92. The number of sulfonamides is 1. The van der Waals surface area contributed by atoms with Crippen LogP contribution < -0.4 is 9.62 Å². The minimum absolute atomic E-state index is 0.0335. The van der Waals surface area contributed by atoms with Crippen molar-refractivity contribution >= 4 is 62.3 Å². The minimum Gasteiger partial charge on any atom is -0.354 e. The van der Waals surface area contributed by atoms with Gasteiger partial charge in [0.05, 0.1) is 11.9 Å². The molecule has 2 amide bonds. The Morgan fingerprint density at radius 3 is 2.27 bits per heavy atom.